The number of hydrogen-bond acceptors (Lipinski definition) is 9. The zero-order valence-electron chi connectivity index (χ0n) is 21.1. The van der Waals surface area contributed by atoms with Crippen molar-refractivity contribution < 1.29 is 38.5 Å². The summed E-state index contributed by atoms with van der Waals surface area (Å²) in [5, 5.41) is 16.2. The van der Waals surface area contributed by atoms with Gasteiger partial charge in [0.2, 0.25) is 11.8 Å². The first-order chi connectivity index (χ1) is 20.1. The van der Waals surface area contributed by atoms with Crippen LogP contribution in [0.2, 0.25) is 15.1 Å². The predicted molar refractivity (Wildman–Crippen MR) is 158 cm³/mol. The number of thiophene rings is 1. The first kappa shape index (κ1) is 30.1. The summed E-state index contributed by atoms with van der Waals surface area (Å²) in [4.78, 5) is 52.0. The fourth-order valence-corrected chi connectivity index (χ4v) is 6.73. The molecule has 2 aliphatic rings. The van der Waals surface area contributed by atoms with Crippen molar-refractivity contribution in [1.82, 2.24) is 10.2 Å². The second kappa shape index (κ2) is 12.8. The third-order valence-electron chi connectivity index (χ3n) is 6.10. The third-order valence-corrected chi connectivity index (χ3v) is 8.96. The summed E-state index contributed by atoms with van der Waals surface area (Å²) in [6.45, 7) is -0.478. The van der Waals surface area contributed by atoms with Crippen LogP contribution in [0.1, 0.15) is 4.88 Å². The molecule has 1 fully saturated rings. The van der Waals surface area contributed by atoms with E-state index in [1.54, 1.807) is 6.07 Å². The van der Waals surface area contributed by atoms with E-state index < -0.39 is 42.1 Å². The first-order valence-corrected chi connectivity index (χ1v) is 15.0. The van der Waals surface area contributed by atoms with Crippen molar-refractivity contribution in [1.29, 1.82) is 0 Å². The summed E-state index contributed by atoms with van der Waals surface area (Å²) in [5.74, 6) is -1.95. The number of fused-ring (bicyclic) bond motifs is 1. The van der Waals surface area contributed by atoms with Crippen molar-refractivity contribution >= 4 is 81.8 Å². The molecule has 2 N–H and O–H groups in total. The minimum atomic E-state index is -1.39. The number of amides is 2. The van der Waals surface area contributed by atoms with Gasteiger partial charge in [0.05, 0.1) is 11.4 Å². The average Bonchev–Trinajstić information content (AvgIpc) is 3.45. The number of carbonyl (C=O) groups is 4. The summed E-state index contributed by atoms with van der Waals surface area (Å²) in [7, 11) is 0. The standard InChI is InChI=1S/C27H19Cl3N2O8S2/c28-14-3-5-18(17(30)8-14)39-19-6-4-15(29)9-20(19)40-27(37)38-11-13-12-42-25-22(24(34)32(25)23(13)26(35)36)31-21(33)10-16-2-1-7-41-16/h1-9,12,22-23,25H,10-11H2,(H,31,33)(H,35,36)/t22?,23?,25-/m1/s1. The van der Waals surface area contributed by atoms with E-state index in [4.69, 9.17) is 49.0 Å². The molecule has 42 heavy (non-hydrogen) atoms. The molecule has 0 radical (unpaired) electrons. The number of rotatable bonds is 9. The molecular formula is C27H19Cl3N2O8S2. The maximum Gasteiger partial charge on any atom is 0.514 e. The van der Waals surface area contributed by atoms with Gasteiger partial charge in [-0.1, -0.05) is 40.9 Å². The van der Waals surface area contributed by atoms with E-state index in [1.807, 2.05) is 17.5 Å². The molecule has 2 aromatic carbocycles. The number of thioether (sulfide) groups is 1. The molecule has 0 aliphatic carbocycles. The Morgan fingerprint density at radius 1 is 1.00 bits per heavy atom. The number of aliphatic carboxylic acids is 1. The Morgan fingerprint density at radius 2 is 1.74 bits per heavy atom. The number of carboxylic acids is 1. The molecule has 0 saturated carbocycles. The SMILES string of the molecule is O=C(Cc1cccs1)NC1C(=O)N2C(C(=O)O)C(COC(=O)Oc3cc(Cl)ccc3Oc3ccc(Cl)cc3Cl)=CS[C@H]12. The van der Waals surface area contributed by atoms with Gasteiger partial charge < -0.3 is 29.5 Å². The van der Waals surface area contributed by atoms with E-state index in [2.05, 4.69) is 5.32 Å². The van der Waals surface area contributed by atoms with Crippen LogP contribution in [0.15, 0.2) is 64.9 Å². The summed E-state index contributed by atoms with van der Waals surface area (Å²) < 4.78 is 16.2. The van der Waals surface area contributed by atoms with Crippen molar-refractivity contribution in [3.8, 4) is 17.2 Å². The van der Waals surface area contributed by atoms with E-state index >= 15 is 0 Å². The highest BCUT2D eigenvalue weighted by molar-refractivity contribution is 8.03. The fourth-order valence-electron chi connectivity index (χ4n) is 4.21. The van der Waals surface area contributed by atoms with E-state index in [-0.39, 0.29) is 45.2 Å². The number of nitrogens with one attached hydrogen (secondary N) is 1. The largest absolute Gasteiger partial charge is 0.514 e. The molecule has 2 aliphatic heterocycles. The molecule has 10 nitrogen and oxygen atoms in total. The van der Waals surface area contributed by atoms with Crippen molar-refractivity contribution in [3.05, 3.63) is 84.8 Å². The molecule has 3 atom stereocenters. The van der Waals surface area contributed by atoms with Crippen LogP contribution >= 0.6 is 57.9 Å². The van der Waals surface area contributed by atoms with E-state index in [1.165, 1.54) is 47.1 Å². The Balaban J connectivity index is 1.22. The van der Waals surface area contributed by atoms with Gasteiger partial charge >= 0.3 is 12.1 Å². The Morgan fingerprint density at radius 3 is 2.43 bits per heavy atom. The van der Waals surface area contributed by atoms with Gasteiger partial charge in [0.15, 0.2) is 17.5 Å². The van der Waals surface area contributed by atoms with E-state index in [0.29, 0.717) is 5.02 Å². The van der Waals surface area contributed by atoms with Crippen LogP contribution in [0.4, 0.5) is 4.79 Å². The Hall–Kier alpha value is -3.42. The number of hydrogen-bond donors (Lipinski definition) is 2. The Kier molecular flexibility index (Phi) is 9.19. The summed E-state index contributed by atoms with van der Waals surface area (Å²) in [6.07, 6.45) is -1.06. The normalized spacial score (nSPS) is 19.2. The van der Waals surface area contributed by atoms with Crippen molar-refractivity contribution in [2.45, 2.75) is 23.9 Å². The van der Waals surface area contributed by atoms with Gasteiger partial charge in [-0.2, -0.15) is 0 Å². The van der Waals surface area contributed by atoms with Crippen molar-refractivity contribution in [2.75, 3.05) is 6.61 Å². The summed E-state index contributed by atoms with van der Waals surface area (Å²) in [5.41, 5.74) is 0.146. The minimum absolute atomic E-state index is 0.0839. The molecule has 2 amide bonds. The van der Waals surface area contributed by atoms with Crippen LogP contribution in [-0.4, -0.2) is 58.0 Å². The molecule has 3 aromatic rings. The second-order valence-corrected chi connectivity index (χ2v) is 12.2. The molecular weight excluding hydrogens is 651 g/mol. The lowest BCUT2D eigenvalue weighted by atomic mass is 9.98. The Bertz CT molecular complexity index is 1580. The zero-order valence-corrected chi connectivity index (χ0v) is 25.0. The number of β-lactam (4-membered cyclic amide) rings is 1. The fraction of sp³-hybridized carbons (Fsp3) is 0.185. The molecule has 5 rings (SSSR count). The molecule has 1 saturated heterocycles. The van der Waals surface area contributed by atoms with Gasteiger partial charge in [-0.25, -0.2) is 9.59 Å². The lowest BCUT2D eigenvalue weighted by molar-refractivity contribution is -0.160. The van der Waals surface area contributed by atoms with Crippen molar-refractivity contribution in [3.63, 3.8) is 0 Å². The van der Waals surface area contributed by atoms with Crippen LogP contribution in [0, 0.1) is 0 Å². The van der Waals surface area contributed by atoms with Crippen LogP contribution in [0.3, 0.4) is 0 Å². The molecule has 3 heterocycles. The molecule has 0 bridgehead atoms. The highest BCUT2D eigenvalue weighted by atomic mass is 35.5. The van der Waals surface area contributed by atoms with Gasteiger partial charge in [0, 0.05) is 26.6 Å². The van der Waals surface area contributed by atoms with Gasteiger partial charge in [-0.15, -0.1) is 23.1 Å². The molecule has 218 valence electrons. The molecule has 15 heteroatoms. The number of halogens is 3. The van der Waals surface area contributed by atoms with Gasteiger partial charge in [-0.05, 0) is 47.2 Å². The number of carbonyl (C=O) groups excluding carboxylic acids is 3. The van der Waals surface area contributed by atoms with E-state index in [9.17, 15) is 24.3 Å². The minimum Gasteiger partial charge on any atom is -0.479 e. The highest BCUT2D eigenvalue weighted by Gasteiger charge is 2.56. The molecule has 1 aromatic heterocycles. The lowest BCUT2D eigenvalue weighted by Crippen LogP contribution is -2.74. The topological polar surface area (TPSA) is 131 Å². The number of nitrogens with zero attached hydrogens (tertiary/aromatic N) is 1. The van der Waals surface area contributed by atoms with E-state index in [0.717, 1.165) is 21.5 Å². The molecule has 0 spiro atoms. The smallest absolute Gasteiger partial charge is 0.479 e. The quantitative estimate of drug-likeness (QED) is 0.160. The Labute approximate surface area is 262 Å². The average molecular weight is 670 g/mol. The second-order valence-electron chi connectivity index (χ2n) is 8.92. The van der Waals surface area contributed by atoms with Crippen LogP contribution in [-0.2, 0) is 25.5 Å². The van der Waals surface area contributed by atoms with Crippen LogP contribution in [0.5, 0.6) is 17.2 Å². The van der Waals surface area contributed by atoms with Crippen LogP contribution < -0.4 is 14.8 Å². The summed E-state index contributed by atoms with van der Waals surface area (Å²) in [6, 6.07) is 10.2. The first-order valence-electron chi connectivity index (χ1n) is 12.1. The number of ether oxygens (including phenoxy) is 3. The maximum absolute atomic E-state index is 12.9. The highest BCUT2D eigenvalue weighted by Crippen LogP contribution is 2.41. The maximum atomic E-state index is 12.9. The van der Waals surface area contributed by atoms with Crippen molar-refractivity contribution in [2.24, 2.45) is 0 Å². The van der Waals surface area contributed by atoms with Gasteiger partial charge in [0.25, 0.3) is 0 Å². The predicted octanol–water partition coefficient (Wildman–Crippen LogP) is 6.00. The van der Waals surface area contributed by atoms with Gasteiger partial charge in [-0.3, -0.25) is 9.59 Å². The number of carboxylic acid groups (broad SMARTS) is 1. The third kappa shape index (κ3) is 6.63. The molecule has 2 unspecified atom stereocenters. The van der Waals surface area contributed by atoms with Gasteiger partial charge in [0.1, 0.15) is 23.8 Å². The van der Waals surface area contributed by atoms with Crippen LogP contribution in [0.25, 0.3) is 0 Å². The number of benzene rings is 2. The monoisotopic (exact) mass is 668 g/mol. The lowest BCUT2D eigenvalue weighted by Gasteiger charge is -2.51. The zero-order chi connectivity index (χ0) is 30.0. The summed E-state index contributed by atoms with van der Waals surface area (Å²) >= 11 is 20.7.